The fourth-order valence-corrected chi connectivity index (χ4v) is 5.18. The first-order valence-corrected chi connectivity index (χ1v) is 10.9. The summed E-state index contributed by atoms with van der Waals surface area (Å²) in [6, 6.07) is 17.7. The highest BCUT2D eigenvalue weighted by Gasteiger charge is 2.40. The van der Waals surface area contributed by atoms with Crippen molar-refractivity contribution in [3.8, 4) is 5.75 Å². The molecule has 0 bridgehead atoms. The van der Waals surface area contributed by atoms with E-state index in [-0.39, 0.29) is 11.5 Å². The second-order valence-electron chi connectivity index (χ2n) is 8.60. The van der Waals surface area contributed by atoms with E-state index in [1.54, 1.807) is 7.11 Å². The summed E-state index contributed by atoms with van der Waals surface area (Å²) in [7, 11) is 1.72. The molecule has 3 heteroatoms. The van der Waals surface area contributed by atoms with Gasteiger partial charge in [0.15, 0.2) is 0 Å². The maximum absolute atomic E-state index is 6.71. The topological polar surface area (TPSA) is 48.1 Å². The smallest absolute Gasteiger partial charge is 0.118 e. The van der Waals surface area contributed by atoms with E-state index in [0.717, 1.165) is 37.4 Å². The summed E-state index contributed by atoms with van der Waals surface area (Å²) < 4.78 is 5.36. The van der Waals surface area contributed by atoms with E-state index in [0.29, 0.717) is 0 Å². The Hall–Kier alpha value is -2.39. The van der Waals surface area contributed by atoms with Crippen molar-refractivity contribution in [2.24, 2.45) is 11.7 Å². The maximum Gasteiger partial charge on any atom is 0.118 e. The molecule has 4 rings (SSSR count). The highest BCUT2D eigenvalue weighted by atomic mass is 16.5. The zero-order valence-corrected chi connectivity index (χ0v) is 17.6. The Morgan fingerprint density at radius 2 is 1.83 bits per heavy atom. The molecule has 29 heavy (non-hydrogen) atoms. The molecule has 0 saturated heterocycles. The average Bonchev–Trinajstić information content (AvgIpc) is 2.79. The van der Waals surface area contributed by atoms with Crippen LogP contribution in [0.25, 0.3) is 10.8 Å². The van der Waals surface area contributed by atoms with Crippen LogP contribution >= 0.6 is 0 Å². The molecule has 1 atom stereocenters. The molecule has 2 aromatic carbocycles. The Bertz CT molecular complexity index is 942. The maximum atomic E-state index is 6.71. The number of aromatic nitrogens is 1. The van der Waals surface area contributed by atoms with Crippen molar-refractivity contribution in [2.45, 2.75) is 56.9 Å². The van der Waals surface area contributed by atoms with Crippen LogP contribution in [0.15, 0.2) is 60.9 Å². The second-order valence-corrected chi connectivity index (χ2v) is 8.60. The molecule has 1 fully saturated rings. The van der Waals surface area contributed by atoms with E-state index < -0.39 is 0 Å². The molecule has 0 radical (unpaired) electrons. The van der Waals surface area contributed by atoms with Crippen molar-refractivity contribution < 1.29 is 4.74 Å². The summed E-state index contributed by atoms with van der Waals surface area (Å²) >= 11 is 0. The van der Waals surface area contributed by atoms with Crippen molar-refractivity contribution >= 4 is 10.8 Å². The summed E-state index contributed by atoms with van der Waals surface area (Å²) in [6.07, 6.45) is 10.8. The van der Waals surface area contributed by atoms with Gasteiger partial charge in [0.2, 0.25) is 0 Å². The van der Waals surface area contributed by atoms with E-state index in [2.05, 4.69) is 60.4 Å². The molecule has 0 amide bonds. The van der Waals surface area contributed by atoms with Crippen LogP contribution in [0.2, 0.25) is 0 Å². The molecular weight excluding hydrogens is 356 g/mol. The lowest BCUT2D eigenvalue weighted by Crippen LogP contribution is -2.47. The Kier molecular flexibility index (Phi) is 5.86. The van der Waals surface area contributed by atoms with E-state index >= 15 is 0 Å². The summed E-state index contributed by atoms with van der Waals surface area (Å²) in [5.41, 5.74) is 9.61. The fraction of sp³-hybridized carbons (Fsp3) is 0.423. The van der Waals surface area contributed by atoms with Gasteiger partial charge in [0.05, 0.1) is 7.11 Å². The van der Waals surface area contributed by atoms with Crippen molar-refractivity contribution in [3.05, 3.63) is 72.1 Å². The Morgan fingerprint density at radius 3 is 2.52 bits per heavy atom. The van der Waals surface area contributed by atoms with Gasteiger partial charge in [-0.3, -0.25) is 4.98 Å². The predicted octanol–water partition coefficient (Wildman–Crippen LogP) is 5.65. The molecule has 2 N–H and O–H groups in total. The van der Waals surface area contributed by atoms with Crippen molar-refractivity contribution in [1.29, 1.82) is 0 Å². The summed E-state index contributed by atoms with van der Waals surface area (Å²) in [6.45, 7) is 2.21. The van der Waals surface area contributed by atoms with E-state index in [1.807, 2.05) is 12.4 Å². The monoisotopic (exact) mass is 388 g/mol. The van der Waals surface area contributed by atoms with Gasteiger partial charge in [-0.15, -0.1) is 0 Å². The van der Waals surface area contributed by atoms with Crippen molar-refractivity contribution in [1.82, 2.24) is 4.98 Å². The molecule has 1 aromatic heterocycles. The van der Waals surface area contributed by atoms with Gasteiger partial charge in [0.25, 0.3) is 0 Å². The third-order valence-electron chi connectivity index (χ3n) is 7.04. The van der Waals surface area contributed by atoms with Crippen molar-refractivity contribution in [2.75, 3.05) is 7.11 Å². The summed E-state index contributed by atoms with van der Waals surface area (Å²) in [5, 5.41) is 2.50. The normalized spacial score (nSPS) is 23.1. The van der Waals surface area contributed by atoms with E-state index in [9.17, 15) is 0 Å². The molecule has 1 heterocycles. The van der Waals surface area contributed by atoms with Gasteiger partial charge in [-0.05, 0) is 79.2 Å². The Balaban J connectivity index is 1.49. The molecule has 3 aromatic rings. The molecule has 0 aliphatic heterocycles. The number of fused-ring (bicyclic) bond motifs is 1. The third kappa shape index (κ3) is 4.02. The van der Waals surface area contributed by atoms with Gasteiger partial charge in [0.1, 0.15) is 5.75 Å². The molecule has 3 nitrogen and oxygen atoms in total. The van der Waals surface area contributed by atoms with Gasteiger partial charge >= 0.3 is 0 Å². The molecule has 1 aliphatic carbocycles. The molecule has 1 aliphatic rings. The number of ether oxygens (including phenoxy) is 1. The first kappa shape index (κ1) is 19.9. The third-order valence-corrected chi connectivity index (χ3v) is 7.04. The second kappa shape index (κ2) is 8.54. The standard InChI is InChI=1S/C26H32N2O/c1-3-25(27)26(23-6-8-24(29-2)9-7-23)13-10-19(11-14-26)16-20-4-5-22-18-28-15-12-21(22)17-20/h4-9,12,15,17-19,25H,3,10-11,13-14,16,27H2,1-2H3. The first-order chi connectivity index (χ1) is 14.1. The number of benzene rings is 2. The number of nitrogens with two attached hydrogens (primary N) is 1. The number of methoxy groups -OCH3 is 1. The minimum atomic E-state index is 0.0899. The molecule has 1 saturated carbocycles. The van der Waals surface area contributed by atoms with Crippen LogP contribution in [0, 0.1) is 5.92 Å². The number of rotatable bonds is 6. The fourth-order valence-electron chi connectivity index (χ4n) is 5.18. The van der Waals surface area contributed by atoms with Crippen LogP contribution < -0.4 is 10.5 Å². The van der Waals surface area contributed by atoms with Gasteiger partial charge in [-0.1, -0.05) is 37.3 Å². The van der Waals surface area contributed by atoms with E-state index in [4.69, 9.17) is 10.5 Å². The number of hydrogen-bond donors (Lipinski definition) is 1. The quantitative estimate of drug-likeness (QED) is 0.593. The Morgan fingerprint density at radius 1 is 1.07 bits per heavy atom. The zero-order valence-electron chi connectivity index (χ0n) is 17.6. The van der Waals surface area contributed by atoms with Crippen LogP contribution in [0.3, 0.4) is 0 Å². The SMILES string of the molecule is CCC(N)C1(c2ccc(OC)cc2)CCC(Cc2ccc3cnccc3c2)CC1. The minimum absolute atomic E-state index is 0.0899. The molecule has 152 valence electrons. The molecular formula is C26H32N2O. The van der Waals surface area contributed by atoms with Gasteiger partial charge in [-0.2, -0.15) is 0 Å². The van der Waals surface area contributed by atoms with Gasteiger partial charge in [0, 0.05) is 29.2 Å². The highest BCUT2D eigenvalue weighted by Crippen LogP contribution is 2.45. The van der Waals surface area contributed by atoms with Crippen LogP contribution in [0.4, 0.5) is 0 Å². The number of hydrogen-bond acceptors (Lipinski definition) is 3. The summed E-state index contributed by atoms with van der Waals surface area (Å²) in [5.74, 6) is 1.64. The summed E-state index contributed by atoms with van der Waals surface area (Å²) in [4.78, 5) is 4.22. The first-order valence-electron chi connectivity index (χ1n) is 10.9. The van der Waals surface area contributed by atoms with Gasteiger partial charge in [-0.25, -0.2) is 0 Å². The van der Waals surface area contributed by atoms with Crippen LogP contribution in [0.5, 0.6) is 5.75 Å². The largest absolute Gasteiger partial charge is 0.497 e. The number of nitrogens with zero attached hydrogens (tertiary/aromatic N) is 1. The molecule has 0 spiro atoms. The van der Waals surface area contributed by atoms with Crippen LogP contribution in [-0.4, -0.2) is 18.1 Å². The molecule has 1 unspecified atom stereocenters. The van der Waals surface area contributed by atoms with Crippen LogP contribution in [-0.2, 0) is 11.8 Å². The minimum Gasteiger partial charge on any atom is -0.497 e. The lowest BCUT2D eigenvalue weighted by molar-refractivity contribution is 0.191. The van der Waals surface area contributed by atoms with Crippen molar-refractivity contribution in [3.63, 3.8) is 0 Å². The van der Waals surface area contributed by atoms with Gasteiger partial charge < -0.3 is 10.5 Å². The predicted molar refractivity (Wildman–Crippen MR) is 120 cm³/mol. The lowest BCUT2D eigenvalue weighted by Gasteiger charge is -2.45. The lowest BCUT2D eigenvalue weighted by atomic mass is 9.62. The highest BCUT2D eigenvalue weighted by molar-refractivity contribution is 5.82. The van der Waals surface area contributed by atoms with Crippen LogP contribution in [0.1, 0.15) is 50.2 Å². The average molecular weight is 389 g/mol. The number of pyridine rings is 1. The van der Waals surface area contributed by atoms with E-state index in [1.165, 1.54) is 34.7 Å². The zero-order chi connectivity index (χ0) is 20.3. The Labute approximate surface area is 174 Å².